The Morgan fingerprint density at radius 3 is 0.447 bits per heavy atom. The highest BCUT2D eigenvalue weighted by Crippen LogP contribution is 2.44. The molecule has 0 radical (unpaired) electrons. The van der Waals surface area contributed by atoms with Gasteiger partial charge in [0, 0.05) is 0 Å². The standard InChI is InChI=1S/C11H20.C10H18.C9H16.C8H14/c1-2-6-10-8-4-5-9-11(10)7-3-1;1-2-6-10-8-4-3-7-9(10)5-1;1-2-5-9-7-3-6-8(9)4-1;1-3-7-5-2-6-8(7)4-1/h10-11H,1-9H2;9-10H,1-8H2;8-9H,1-7H2;7-8H,1-6H2. The normalized spacial score (nSPS) is 41.7. The molecule has 0 saturated heterocycles. The van der Waals surface area contributed by atoms with Crippen molar-refractivity contribution in [3.05, 3.63) is 0 Å². The van der Waals surface area contributed by atoms with Crippen LogP contribution in [0.1, 0.15) is 193 Å². The second-order valence-electron chi connectivity index (χ2n) is 15.6. The summed E-state index contributed by atoms with van der Waals surface area (Å²) in [5.41, 5.74) is 0. The number of rotatable bonds is 0. The van der Waals surface area contributed by atoms with Gasteiger partial charge in [-0.3, -0.25) is 0 Å². The lowest BCUT2D eigenvalue weighted by Gasteiger charge is -2.35. The van der Waals surface area contributed by atoms with Crippen molar-refractivity contribution in [2.75, 3.05) is 0 Å². The summed E-state index contributed by atoms with van der Waals surface area (Å²) in [7, 11) is 0. The van der Waals surface area contributed by atoms with Gasteiger partial charge in [-0.2, -0.15) is 0 Å². The number of hydrogen-bond donors (Lipinski definition) is 0. The summed E-state index contributed by atoms with van der Waals surface area (Å²) in [6, 6.07) is 0. The van der Waals surface area contributed by atoms with Gasteiger partial charge in [0.1, 0.15) is 0 Å². The summed E-state index contributed by atoms with van der Waals surface area (Å²) >= 11 is 0. The summed E-state index contributed by atoms with van der Waals surface area (Å²) in [6.45, 7) is 0. The molecular weight excluding hydrogens is 456 g/mol. The molecule has 0 spiro atoms. The number of hydrogen-bond acceptors (Lipinski definition) is 0. The summed E-state index contributed by atoms with van der Waals surface area (Å²) in [4.78, 5) is 0. The third-order valence-corrected chi connectivity index (χ3v) is 13.4. The van der Waals surface area contributed by atoms with Crippen molar-refractivity contribution >= 4 is 0 Å². The minimum atomic E-state index is 1.14. The molecule has 0 heteroatoms. The first-order valence-electron chi connectivity index (χ1n) is 18.9. The van der Waals surface area contributed by atoms with Gasteiger partial charge in [0.25, 0.3) is 0 Å². The minimum Gasteiger partial charge on any atom is -0.0533 e. The van der Waals surface area contributed by atoms with E-state index < -0.39 is 0 Å². The third kappa shape index (κ3) is 9.00. The molecule has 0 aromatic heterocycles. The van der Waals surface area contributed by atoms with Crippen molar-refractivity contribution in [2.24, 2.45) is 47.3 Å². The highest BCUT2D eigenvalue weighted by Gasteiger charge is 2.31. The van der Waals surface area contributed by atoms with Gasteiger partial charge in [0.15, 0.2) is 0 Å². The van der Waals surface area contributed by atoms with Crippen LogP contribution in [0.2, 0.25) is 0 Å². The van der Waals surface area contributed by atoms with Crippen LogP contribution in [0.15, 0.2) is 0 Å². The molecular formula is C38H68. The lowest BCUT2D eigenvalue weighted by atomic mass is 9.71. The molecule has 8 aliphatic carbocycles. The van der Waals surface area contributed by atoms with Gasteiger partial charge >= 0.3 is 0 Å². The molecule has 4 unspecified atom stereocenters. The van der Waals surface area contributed by atoms with Crippen LogP contribution in [0.3, 0.4) is 0 Å². The van der Waals surface area contributed by atoms with Crippen LogP contribution in [-0.2, 0) is 0 Å². The Morgan fingerprint density at radius 2 is 0.263 bits per heavy atom. The van der Waals surface area contributed by atoms with Gasteiger partial charge in [-0.15, -0.1) is 0 Å². The molecule has 8 fully saturated rings. The van der Waals surface area contributed by atoms with Crippen molar-refractivity contribution < 1.29 is 0 Å². The van der Waals surface area contributed by atoms with E-state index in [2.05, 4.69) is 0 Å². The summed E-state index contributed by atoms with van der Waals surface area (Å²) in [5, 5.41) is 0. The van der Waals surface area contributed by atoms with Crippen LogP contribution in [0.5, 0.6) is 0 Å². The van der Waals surface area contributed by atoms with E-state index in [4.69, 9.17) is 0 Å². The maximum Gasteiger partial charge on any atom is -0.0386 e. The molecule has 0 bridgehead atoms. The van der Waals surface area contributed by atoms with Gasteiger partial charge in [-0.25, -0.2) is 0 Å². The molecule has 0 amide bonds. The SMILES string of the molecule is C1CC2CCCC2C1.C1CCC2CCCC2C1.C1CCC2CCCCC2C1.C1CCC2CCCCC2CC1. The number of fused-ring (bicyclic) bond motifs is 4. The smallest absolute Gasteiger partial charge is 0.0386 e. The zero-order chi connectivity index (χ0) is 25.8. The van der Waals surface area contributed by atoms with Crippen LogP contribution in [0.4, 0.5) is 0 Å². The van der Waals surface area contributed by atoms with E-state index in [1.807, 2.05) is 0 Å². The zero-order valence-electron chi connectivity index (χ0n) is 25.8. The van der Waals surface area contributed by atoms with Crippen LogP contribution < -0.4 is 0 Å². The lowest BCUT2D eigenvalue weighted by Crippen LogP contribution is -2.22. The fourth-order valence-corrected chi connectivity index (χ4v) is 11.1. The van der Waals surface area contributed by atoms with Gasteiger partial charge in [-0.05, 0) is 47.3 Å². The second-order valence-corrected chi connectivity index (χ2v) is 15.6. The molecule has 8 aliphatic rings. The Morgan fingerprint density at radius 1 is 0.132 bits per heavy atom. The molecule has 0 aromatic rings. The van der Waals surface area contributed by atoms with E-state index >= 15 is 0 Å². The Labute approximate surface area is 239 Å². The average Bonchev–Trinajstić information content (AvgIpc) is 3.70. The molecule has 8 saturated carbocycles. The maximum absolute atomic E-state index is 1.56. The van der Waals surface area contributed by atoms with Crippen LogP contribution in [0.25, 0.3) is 0 Å². The van der Waals surface area contributed by atoms with Crippen molar-refractivity contribution in [1.29, 1.82) is 0 Å². The van der Waals surface area contributed by atoms with Gasteiger partial charge in [0.2, 0.25) is 0 Å². The quantitative estimate of drug-likeness (QED) is 0.295. The van der Waals surface area contributed by atoms with Crippen molar-refractivity contribution in [3.63, 3.8) is 0 Å². The highest BCUT2D eigenvalue weighted by atomic mass is 14.4. The predicted octanol–water partition coefficient (Wildman–Crippen LogP) is 12.7. The zero-order valence-corrected chi connectivity index (χ0v) is 25.8. The van der Waals surface area contributed by atoms with Crippen LogP contribution in [-0.4, -0.2) is 0 Å². The fraction of sp³-hybridized carbons (Fsp3) is 1.00. The van der Waals surface area contributed by atoms with Gasteiger partial charge in [-0.1, -0.05) is 193 Å². The van der Waals surface area contributed by atoms with E-state index in [9.17, 15) is 0 Å². The molecule has 0 N–H and O–H groups in total. The largest absolute Gasteiger partial charge is 0.0533 e. The van der Waals surface area contributed by atoms with Gasteiger partial charge in [0.05, 0.1) is 0 Å². The molecule has 38 heavy (non-hydrogen) atoms. The molecule has 0 aliphatic heterocycles. The summed E-state index contributed by atoms with van der Waals surface area (Å²) < 4.78 is 0. The fourth-order valence-electron chi connectivity index (χ4n) is 11.1. The predicted molar refractivity (Wildman–Crippen MR) is 166 cm³/mol. The molecule has 0 nitrogen and oxygen atoms in total. The average molecular weight is 525 g/mol. The summed E-state index contributed by atoms with van der Waals surface area (Å²) in [6.07, 6.45) is 46.4. The molecule has 8 rings (SSSR count). The minimum absolute atomic E-state index is 1.14. The monoisotopic (exact) mass is 525 g/mol. The molecule has 220 valence electrons. The van der Waals surface area contributed by atoms with E-state index in [1.165, 1.54) is 114 Å². The molecule has 0 aromatic carbocycles. The van der Waals surface area contributed by atoms with Crippen molar-refractivity contribution in [1.82, 2.24) is 0 Å². The van der Waals surface area contributed by atoms with Crippen LogP contribution >= 0.6 is 0 Å². The Hall–Kier alpha value is 0. The first kappa shape index (κ1) is 29.5. The van der Waals surface area contributed by atoms with E-state index in [0.717, 1.165) is 23.7 Å². The van der Waals surface area contributed by atoms with E-state index in [-0.39, 0.29) is 0 Å². The maximum atomic E-state index is 1.56. The van der Waals surface area contributed by atoms with Crippen molar-refractivity contribution in [2.45, 2.75) is 193 Å². The Balaban J connectivity index is 0.000000104. The first-order valence-corrected chi connectivity index (χ1v) is 18.9. The second kappa shape index (κ2) is 16.4. The van der Waals surface area contributed by atoms with E-state index in [1.54, 1.807) is 103 Å². The highest BCUT2D eigenvalue weighted by molar-refractivity contribution is 4.83. The Kier molecular flexibility index (Phi) is 12.8. The topological polar surface area (TPSA) is 0 Å². The van der Waals surface area contributed by atoms with E-state index in [0.29, 0.717) is 0 Å². The molecule has 0 heterocycles. The van der Waals surface area contributed by atoms with Gasteiger partial charge < -0.3 is 0 Å². The first-order chi connectivity index (χ1) is 18.9. The summed E-state index contributed by atoms with van der Waals surface area (Å²) in [5.74, 6) is 9.28. The van der Waals surface area contributed by atoms with Crippen molar-refractivity contribution in [3.8, 4) is 0 Å². The molecule has 4 atom stereocenters. The Bertz CT molecular complexity index is 550. The third-order valence-electron chi connectivity index (χ3n) is 13.4. The lowest BCUT2D eigenvalue weighted by molar-refractivity contribution is 0.171. The van der Waals surface area contributed by atoms with Crippen LogP contribution in [0, 0.1) is 47.3 Å².